The minimum Gasteiger partial charge on any atom is -0.334 e. The van der Waals surface area contributed by atoms with Gasteiger partial charge in [0.25, 0.3) is 5.91 Å². The largest absolute Gasteiger partial charge is 0.334 e. The molecule has 1 saturated carbocycles. The number of likely N-dealkylation sites (N-methyl/N-ethyl adjacent to an activating group) is 1. The summed E-state index contributed by atoms with van der Waals surface area (Å²) in [5, 5.41) is 2.85. The maximum absolute atomic E-state index is 13.2. The summed E-state index contributed by atoms with van der Waals surface area (Å²) in [5.74, 6) is 0.886. The number of amides is 3. The van der Waals surface area contributed by atoms with Gasteiger partial charge in [-0.25, -0.2) is 9.18 Å². The third-order valence-electron chi connectivity index (χ3n) is 6.09. The first kappa shape index (κ1) is 17.0. The smallest absolute Gasteiger partial charge is 0.317 e. The van der Waals surface area contributed by atoms with Gasteiger partial charge in [-0.2, -0.15) is 0 Å². The second kappa shape index (κ2) is 6.07. The van der Waals surface area contributed by atoms with Crippen LogP contribution in [-0.2, 0) is 11.3 Å². The molecule has 3 atom stereocenters. The van der Waals surface area contributed by atoms with Crippen molar-refractivity contribution in [1.82, 2.24) is 15.1 Å². The van der Waals surface area contributed by atoms with Crippen LogP contribution in [0.4, 0.5) is 9.18 Å². The number of hydrogen-bond acceptors (Lipinski definition) is 3. The fourth-order valence-electron chi connectivity index (χ4n) is 4.65. The van der Waals surface area contributed by atoms with Crippen molar-refractivity contribution in [3.8, 4) is 0 Å². The predicted molar refractivity (Wildman–Crippen MR) is 95.0 cm³/mol. The number of benzene rings is 1. The molecule has 26 heavy (non-hydrogen) atoms. The Bertz CT molecular complexity index is 795. The van der Waals surface area contributed by atoms with E-state index in [1.807, 2.05) is 6.92 Å². The van der Waals surface area contributed by atoms with Crippen LogP contribution in [0.25, 0.3) is 0 Å². The maximum Gasteiger partial charge on any atom is 0.317 e. The summed E-state index contributed by atoms with van der Waals surface area (Å²) in [6.45, 7) is 3.33. The van der Waals surface area contributed by atoms with Crippen LogP contribution in [0.3, 0.4) is 0 Å². The van der Waals surface area contributed by atoms with E-state index in [2.05, 4.69) is 5.32 Å². The predicted octanol–water partition coefficient (Wildman–Crippen LogP) is 2.01. The van der Waals surface area contributed by atoms with Crippen molar-refractivity contribution in [2.45, 2.75) is 31.8 Å². The third kappa shape index (κ3) is 2.57. The van der Waals surface area contributed by atoms with Crippen LogP contribution < -0.4 is 5.32 Å². The van der Waals surface area contributed by atoms with Crippen LogP contribution in [0.2, 0.25) is 0 Å². The van der Waals surface area contributed by atoms with Crippen LogP contribution in [0.15, 0.2) is 29.3 Å². The van der Waals surface area contributed by atoms with Gasteiger partial charge in [-0.15, -0.1) is 0 Å². The summed E-state index contributed by atoms with van der Waals surface area (Å²) in [6.07, 6.45) is 1.68. The standard InChI is InChI=1S/C19H23FN4O2/c1-12-22-19(17(25)23(12)2)7-6-14-10-24(11-16(14)19)18(26)21-9-13-4-3-5-15(20)8-13/h3-5,8,14,16H,6-7,9-11H2,1-2H3,(H,21,26)/t14-,16+,19-/m1/s1. The van der Waals surface area contributed by atoms with E-state index in [0.717, 1.165) is 24.2 Å². The molecule has 6 nitrogen and oxygen atoms in total. The Morgan fingerprint density at radius 3 is 2.92 bits per heavy atom. The molecule has 2 fully saturated rings. The number of rotatable bonds is 2. The van der Waals surface area contributed by atoms with E-state index < -0.39 is 5.54 Å². The number of likely N-dealkylation sites (tertiary alicyclic amines) is 1. The molecule has 1 saturated heterocycles. The number of urea groups is 1. The Labute approximate surface area is 152 Å². The molecule has 0 unspecified atom stereocenters. The summed E-state index contributed by atoms with van der Waals surface area (Å²) >= 11 is 0. The number of hydrogen-bond donors (Lipinski definition) is 1. The van der Waals surface area contributed by atoms with Crippen molar-refractivity contribution in [1.29, 1.82) is 0 Å². The molecule has 2 aliphatic heterocycles. The Hall–Kier alpha value is -2.44. The van der Waals surface area contributed by atoms with E-state index in [0.29, 0.717) is 19.0 Å². The molecule has 1 N–H and O–H groups in total. The first-order valence-corrected chi connectivity index (χ1v) is 9.02. The molecule has 138 valence electrons. The number of halogens is 1. The Kier molecular flexibility index (Phi) is 3.97. The van der Waals surface area contributed by atoms with Crippen LogP contribution in [-0.4, -0.2) is 53.2 Å². The van der Waals surface area contributed by atoms with Gasteiger partial charge in [-0.1, -0.05) is 12.1 Å². The topological polar surface area (TPSA) is 65.0 Å². The normalized spacial score (nSPS) is 30.1. The highest BCUT2D eigenvalue weighted by atomic mass is 19.1. The Balaban J connectivity index is 1.42. The lowest BCUT2D eigenvalue weighted by Gasteiger charge is -2.27. The number of nitrogens with one attached hydrogen (secondary N) is 1. The summed E-state index contributed by atoms with van der Waals surface area (Å²) < 4.78 is 13.2. The molecule has 0 radical (unpaired) electrons. The van der Waals surface area contributed by atoms with Gasteiger partial charge in [0.2, 0.25) is 0 Å². The van der Waals surface area contributed by atoms with Crippen molar-refractivity contribution >= 4 is 17.8 Å². The molecular weight excluding hydrogens is 335 g/mol. The summed E-state index contributed by atoms with van der Waals surface area (Å²) in [5.41, 5.74) is 0.0446. The lowest BCUT2D eigenvalue weighted by Crippen LogP contribution is -2.46. The minimum atomic E-state index is -0.679. The summed E-state index contributed by atoms with van der Waals surface area (Å²) in [4.78, 5) is 33.4. The number of carbonyl (C=O) groups is 2. The first-order valence-electron chi connectivity index (χ1n) is 9.02. The first-order chi connectivity index (χ1) is 12.4. The van der Waals surface area contributed by atoms with Gasteiger partial charge in [0, 0.05) is 32.6 Å². The van der Waals surface area contributed by atoms with E-state index in [-0.39, 0.29) is 30.2 Å². The zero-order chi connectivity index (χ0) is 18.5. The molecule has 1 aliphatic carbocycles. The second-order valence-corrected chi connectivity index (χ2v) is 7.55. The monoisotopic (exact) mass is 358 g/mol. The molecule has 0 bridgehead atoms. The van der Waals surface area contributed by atoms with Crippen molar-refractivity contribution < 1.29 is 14.0 Å². The molecule has 1 spiro atoms. The van der Waals surface area contributed by atoms with Crippen LogP contribution in [0, 0.1) is 17.7 Å². The maximum atomic E-state index is 13.2. The number of nitrogens with zero attached hydrogens (tertiary/aromatic N) is 3. The van der Waals surface area contributed by atoms with E-state index in [4.69, 9.17) is 4.99 Å². The van der Waals surface area contributed by atoms with E-state index in [1.165, 1.54) is 12.1 Å². The van der Waals surface area contributed by atoms with Gasteiger partial charge in [-0.05, 0) is 43.4 Å². The van der Waals surface area contributed by atoms with Gasteiger partial charge in [0.1, 0.15) is 17.2 Å². The molecule has 1 aromatic rings. The highest BCUT2D eigenvalue weighted by Gasteiger charge is 2.60. The number of aliphatic imine (C=N–C) groups is 1. The molecule has 2 heterocycles. The summed E-state index contributed by atoms with van der Waals surface area (Å²) in [6, 6.07) is 6.03. The van der Waals surface area contributed by atoms with Gasteiger partial charge in [0.05, 0.1) is 0 Å². The lowest BCUT2D eigenvalue weighted by molar-refractivity contribution is -0.131. The minimum absolute atomic E-state index is 0.0597. The third-order valence-corrected chi connectivity index (χ3v) is 6.09. The van der Waals surface area contributed by atoms with Crippen LogP contribution in [0.5, 0.6) is 0 Å². The molecule has 4 rings (SSSR count). The second-order valence-electron chi connectivity index (χ2n) is 7.55. The van der Waals surface area contributed by atoms with Crippen molar-refractivity contribution in [2.75, 3.05) is 20.1 Å². The van der Waals surface area contributed by atoms with Crippen LogP contribution in [0.1, 0.15) is 25.3 Å². The molecule has 3 aliphatic rings. The molecule has 0 aromatic heterocycles. The van der Waals surface area contributed by atoms with Gasteiger partial charge in [0.15, 0.2) is 0 Å². The van der Waals surface area contributed by atoms with Gasteiger partial charge >= 0.3 is 6.03 Å². The molecule has 1 aromatic carbocycles. The summed E-state index contributed by atoms with van der Waals surface area (Å²) in [7, 11) is 1.77. The average Bonchev–Trinajstić information content (AvgIpc) is 3.24. The fourth-order valence-corrected chi connectivity index (χ4v) is 4.65. The van der Waals surface area contributed by atoms with Gasteiger partial charge < -0.3 is 15.1 Å². The zero-order valence-corrected chi connectivity index (χ0v) is 15.0. The van der Waals surface area contributed by atoms with Crippen LogP contribution >= 0.6 is 0 Å². The van der Waals surface area contributed by atoms with Crippen molar-refractivity contribution in [3.05, 3.63) is 35.6 Å². The highest BCUT2D eigenvalue weighted by Crippen LogP contribution is 2.49. The SMILES string of the molecule is CC1=N[C@@]2(CC[C@@H]3CN(C(=O)NCc4cccc(F)c4)C[C@@H]32)C(=O)N1C. The van der Waals surface area contributed by atoms with Gasteiger partial charge in [-0.3, -0.25) is 9.79 Å². The number of amidine groups is 1. The molecule has 7 heteroatoms. The average molecular weight is 358 g/mol. The number of carbonyl (C=O) groups excluding carboxylic acids is 2. The quantitative estimate of drug-likeness (QED) is 0.879. The Morgan fingerprint density at radius 1 is 1.42 bits per heavy atom. The number of fused-ring (bicyclic) bond motifs is 2. The zero-order valence-electron chi connectivity index (χ0n) is 15.0. The van der Waals surface area contributed by atoms with E-state index >= 15 is 0 Å². The van der Waals surface area contributed by atoms with E-state index in [1.54, 1.807) is 29.0 Å². The Morgan fingerprint density at radius 2 is 2.23 bits per heavy atom. The molecule has 3 amide bonds. The lowest BCUT2D eigenvalue weighted by atomic mass is 9.85. The molecular formula is C19H23FN4O2. The van der Waals surface area contributed by atoms with E-state index in [9.17, 15) is 14.0 Å². The van der Waals surface area contributed by atoms with Crippen molar-refractivity contribution in [3.63, 3.8) is 0 Å². The fraction of sp³-hybridized carbons (Fsp3) is 0.526. The van der Waals surface area contributed by atoms with Crippen molar-refractivity contribution in [2.24, 2.45) is 16.8 Å². The highest BCUT2D eigenvalue weighted by molar-refractivity contribution is 6.07.